The fraction of sp³-hybridized carbons (Fsp3) is 0.522. The van der Waals surface area contributed by atoms with Gasteiger partial charge in [0.15, 0.2) is 0 Å². The number of hydrogen-bond acceptors (Lipinski definition) is 6. The molecule has 2 rings (SSSR count). The summed E-state index contributed by atoms with van der Waals surface area (Å²) in [4.78, 5) is 35.3. The van der Waals surface area contributed by atoms with Crippen molar-refractivity contribution in [3.63, 3.8) is 0 Å². The highest BCUT2D eigenvalue weighted by molar-refractivity contribution is 6.27. The Bertz CT molecular complexity index is 790. The van der Waals surface area contributed by atoms with Gasteiger partial charge in [-0.2, -0.15) is 0 Å². The number of carboxylic acids is 2. The van der Waals surface area contributed by atoms with Crippen molar-refractivity contribution < 1.29 is 34.1 Å². The van der Waals surface area contributed by atoms with Crippen LogP contribution < -0.4 is 9.47 Å². The second-order valence-corrected chi connectivity index (χ2v) is 7.65. The van der Waals surface area contributed by atoms with Crippen LogP contribution in [0.2, 0.25) is 0 Å². The van der Waals surface area contributed by atoms with Crippen LogP contribution in [0.1, 0.15) is 32.3 Å². The van der Waals surface area contributed by atoms with Crippen LogP contribution in [0.25, 0.3) is 0 Å². The highest BCUT2D eigenvalue weighted by Crippen LogP contribution is 2.27. The number of nitrogens with zero attached hydrogens (tertiary/aromatic N) is 2. The summed E-state index contributed by atoms with van der Waals surface area (Å²) in [5, 5.41) is 14.8. The second kappa shape index (κ2) is 13.4. The van der Waals surface area contributed by atoms with Gasteiger partial charge in [0.05, 0.1) is 14.2 Å². The Morgan fingerprint density at radius 2 is 1.72 bits per heavy atom. The molecule has 0 unspecified atom stereocenters. The zero-order chi connectivity index (χ0) is 24.3. The van der Waals surface area contributed by atoms with E-state index in [-0.39, 0.29) is 11.8 Å². The molecule has 1 heterocycles. The van der Waals surface area contributed by atoms with E-state index in [1.807, 2.05) is 36.9 Å². The van der Waals surface area contributed by atoms with Crippen LogP contribution in [0.3, 0.4) is 0 Å². The molecule has 0 radical (unpaired) electrons. The minimum atomic E-state index is -1.82. The smallest absolute Gasteiger partial charge is 0.414 e. The van der Waals surface area contributed by atoms with E-state index in [4.69, 9.17) is 29.3 Å². The van der Waals surface area contributed by atoms with Crippen LogP contribution in [-0.2, 0) is 20.9 Å². The van der Waals surface area contributed by atoms with E-state index >= 15 is 0 Å². The summed E-state index contributed by atoms with van der Waals surface area (Å²) in [6.45, 7) is 12.0. The van der Waals surface area contributed by atoms with Crippen LogP contribution in [0.5, 0.6) is 11.5 Å². The van der Waals surface area contributed by atoms with Gasteiger partial charge in [-0.25, -0.2) is 9.59 Å². The first kappa shape index (κ1) is 27.0. The van der Waals surface area contributed by atoms with Gasteiger partial charge in [0.2, 0.25) is 5.91 Å². The number of benzene rings is 1. The molecule has 1 aliphatic rings. The van der Waals surface area contributed by atoms with Gasteiger partial charge < -0.3 is 24.6 Å². The Balaban J connectivity index is 0.000000751. The van der Waals surface area contributed by atoms with E-state index in [1.165, 1.54) is 0 Å². The van der Waals surface area contributed by atoms with Crippen molar-refractivity contribution >= 4 is 17.8 Å². The summed E-state index contributed by atoms with van der Waals surface area (Å²) in [6.07, 6.45) is 1.80. The van der Waals surface area contributed by atoms with E-state index in [0.717, 1.165) is 61.7 Å². The summed E-state index contributed by atoms with van der Waals surface area (Å²) in [7, 11) is 3.37. The van der Waals surface area contributed by atoms with E-state index in [0.29, 0.717) is 6.54 Å². The number of carbonyl (C=O) groups excluding carboxylic acids is 1. The largest absolute Gasteiger partial charge is 0.497 e. The first-order valence-electron chi connectivity index (χ1n) is 10.5. The quantitative estimate of drug-likeness (QED) is 0.458. The summed E-state index contributed by atoms with van der Waals surface area (Å²) < 4.78 is 10.8. The molecule has 32 heavy (non-hydrogen) atoms. The predicted octanol–water partition coefficient (Wildman–Crippen LogP) is 2.50. The molecule has 9 nitrogen and oxygen atoms in total. The molecule has 0 aromatic heterocycles. The lowest BCUT2D eigenvalue weighted by atomic mass is 9.94. The number of carboxylic acid groups (broad SMARTS) is 2. The minimum Gasteiger partial charge on any atom is -0.497 e. The van der Waals surface area contributed by atoms with Crippen LogP contribution in [0, 0.1) is 5.92 Å². The third-order valence-electron chi connectivity index (χ3n) is 5.16. The number of rotatable bonds is 8. The molecule has 1 aromatic carbocycles. The Kier molecular flexibility index (Phi) is 11.3. The molecule has 2 N–H and O–H groups in total. The average Bonchev–Trinajstić information content (AvgIpc) is 2.77. The molecule has 1 aromatic rings. The van der Waals surface area contributed by atoms with E-state index in [1.54, 1.807) is 14.2 Å². The van der Waals surface area contributed by atoms with Crippen LogP contribution in [0.4, 0.5) is 0 Å². The van der Waals surface area contributed by atoms with Gasteiger partial charge in [0.1, 0.15) is 11.5 Å². The zero-order valence-electron chi connectivity index (χ0n) is 19.3. The Hall–Kier alpha value is -3.07. The highest BCUT2D eigenvalue weighted by atomic mass is 16.5. The lowest BCUT2D eigenvalue weighted by Gasteiger charge is -2.34. The summed E-state index contributed by atoms with van der Waals surface area (Å²) >= 11 is 0. The minimum absolute atomic E-state index is 0.123. The molecule has 1 amide bonds. The molecule has 0 saturated carbocycles. The van der Waals surface area contributed by atoms with Crippen molar-refractivity contribution in [1.29, 1.82) is 0 Å². The van der Waals surface area contributed by atoms with Crippen molar-refractivity contribution in [2.75, 3.05) is 40.4 Å². The van der Waals surface area contributed by atoms with Crippen LogP contribution >= 0.6 is 0 Å². The molecule has 178 valence electrons. The van der Waals surface area contributed by atoms with Crippen molar-refractivity contribution in [3.05, 3.63) is 35.9 Å². The summed E-state index contributed by atoms with van der Waals surface area (Å²) in [5.74, 6) is -1.54. The molecule has 0 atom stereocenters. The topological polar surface area (TPSA) is 117 Å². The average molecular weight is 451 g/mol. The molecule has 1 saturated heterocycles. The lowest BCUT2D eigenvalue weighted by Crippen LogP contribution is -2.42. The highest BCUT2D eigenvalue weighted by Gasteiger charge is 2.28. The van der Waals surface area contributed by atoms with Crippen molar-refractivity contribution in [2.45, 2.75) is 33.2 Å². The first-order valence-corrected chi connectivity index (χ1v) is 10.5. The molecule has 0 bridgehead atoms. The van der Waals surface area contributed by atoms with Gasteiger partial charge in [0, 0.05) is 31.1 Å². The third kappa shape index (κ3) is 8.58. The number of ether oxygens (including phenoxy) is 2. The van der Waals surface area contributed by atoms with E-state index in [2.05, 4.69) is 11.5 Å². The second-order valence-electron chi connectivity index (χ2n) is 7.65. The van der Waals surface area contributed by atoms with Gasteiger partial charge in [-0.1, -0.05) is 12.2 Å². The molecular formula is C23H34N2O7. The fourth-order valence-electron chi connectivity index (χ4n) is 3.51. The van der Waals surface area contributed by atoms with Crippen molar-refractivity contribution in [1.82, 2.24) is 9.80 Å². The number of methoxy groups -OCH3 is 2. The lowest BCUT2D eigenvalue weighted by molar-refractivity contribution is -0.159. The van der Waals surface area contributed by atoms with Gasteiger partial charge >= 0.3 is 11.9 Å². The van der Waals surface area contributed by atoms with Crippen molar-refractivity contribution in [3.8, 4) is 11.5 Å². The molecule has 0 aliphatic carbocycles. The Morgan fingerprint density at radius 3 is 2.16 bits per heavy atom. The summed E-state index contributed by atoms with van der Waals surface area (Å²) in [5.41, 5.74) is 2.15. The molecule has 1 aliphatic heterocycles. The normalized spacial score (nSPS) is 14.0. The maximum absolute atomic E-state index is 12.7. The molecule has 1 fully saturated rings. The monoisotopic (exact) mass is 450 g/mol. The molecule has 0 spiro atoms. The van der Waals surface area contributed by atoms with E-state index in [9.17, 15) is 4.79 Å². The maximum atomic E-state index is 12.7. The number of carbonyl (C=O) groups is 3. The third-order valence-corrected chi connectivity index (χ3v) is 5.16. The molecular weight excluding hydrogens is 416 g/mol. The number of likely N-dealkylation sites (tertiary alicyclic amines) is 1. The first-order chi connectivity index (χ1) is 15.1. The maximum Gasteiger partial charge on any atom is 0.414 e. The Morgan fingerprint density at radius 1 is 1.12 bits per heavy atom. The van der Waals surface area contributed by atoms with Crippen LogP contribution in [-0.4, -0.2) is 78.3 Å². The molecule has 9 heteroatoms. The number of piperidine rings is 1. The Labute approximate surface area is 189 Å². The number of amides is 1. The van der Waals surface area contributed by atoms with Gasteiger partial charge in [0.25, 0.3) is 0 Å². The summed E-state index contributed by atoms with van der Waals surface area (Å²) in [6, 6.07) is 5.89. The number of hydrogen-bond donors (Lipinski definition) is 2. The standard InChI is InChI=1S/C21H32N2O3.C2H2O4/c1-6-23(14-16(2)3)21(24)17-9-11-22(12-10-17)15-18-13-19(25-4)7-8-20(18)26-5;3-1(4)2(5)6/h7-8,13,17H,2,6,9-12,14-15H2,1,3-5H3;(H,3,4)(H,5,6). The number of aliphatic carboxylic acids is 2. The zero-order valence-corrected chi connectivity index (χ0v) is 19.3. The van der Waals surface area contributed by atoms with Gasteiger partial charge in [-0.05, 0) is 58.0 Å². The van der Waals surface area contributed by atoms with Gasteiger partial charge in [-0.3, -0.25) is 9.69 Å². The number of likely N-dealkylation sites (N-methyl/N-ethyl adjacent to an activating group) is 1. The van der Waals surface area contributed by atoms with Crippen LogP contribution in [0.15, 0.2) is 30.4 Å². The van der Waals surface area contributed by atoms with Crippen molar-refractivity contribution in [2.24, 2.45) is 5.92 Å². The van der Waals surface area contributed by atoms with Gasteiger partial charge in [-0.15, -0.1) is 0 Å². The SMILES string of the molecule is C=C(C)CN(CC)C(=O)C1CCN(Cc2cc(OC)ccc2OC)CC1.O=C(O)C(=O)O. The fourth-order valence-corrected chi connectivity index (χ4v) is 3.51. The predicted molar refractivity (Wildman–Crippen MR) is 120 cm³/mol. The van der Waals surface area contributed by atoms with E-state index < -0.39 is 11.9 Å².